The van der Waals surface area contributed by atoms with Crippen LogP contribution in [0.5, 0.6) is 0 Å². The highest BCUT2D eigenvalue weighted by Crippen LogP contribution is 2.25. The lowest BCUT2D eigenvalue weighted by Gasteiger charge is -2.18. The molecule has 0 saturated heterocycles. The van der Waals surface area contributed by atoms with E-state index in [-0.39, 0.29) is 5.41 Å². The Morgan fingerprint density at radius 2 is 1.81 bits per heavy atom. The first kappa shape index (κ1) is 18.8. The van der Waals surface area contributed by atoms with Crippen LogP contribution >= 0.6 is 35.4 Å². The maximum Gasteiger partial charge on any atom is 0.216 e. The van der Waals surface area contributed by atoms with Gasteiger partial charge >= 0.3 is 0 Å². The highest BCUT2D eigenvalue weighted by atomic mass is 35.5. The fraction of sp³-hybridized carbons (Fsp3) is 0.211. The summed E-state index contributed by atoms with van der Waals surface area (Å²) in [6, 6.07) is 13.5. The Bertz CT molecular complexity index is 1010. The molecule has 0 unspecified atom stereocenters. The van der Waals surface area contributed by atoms with Crippen molar-refractivity contribution in [3.05, 3.63) is 68.4 Å². The summed E-state index contributed by atoms with van der Waals surface area (Å²) in [5.74, 6) is 0.636. The third-order valence-corrected chi connectivity index (χ3v) is 4.76. The molecule has 1 N–H and O–H groups in total. The molecule has 1 heterocycles. The van der Waals surface area contributed by atoms with Gasteiger partial charge in [-0.2, -0.15) is 14.9 Å². The minimum Gasteiger partial charge on any atom is -0.250 e. The molecule has 0 aliphatic heterocycles. The number of nitrogens with zero attached hydrogens (tertiary/aromatic N) is 3. The number of hydrogen-bond acceptors (Lipinski definition) is 3. The molecule has 1 aromatic heterocycles. The summed E-state index contributed by atoms with van der Waals surface area (Å²) < 4.78 is 1.98. The van der Waals surface area contributed by atoms with Gasteiger partial charge in [-0.3, -0.25) is 0 Å². The van der Waals surface area contributed by atoms with Crippen molar-refractivity contribution in [2.45, 2.75) is 26.2 Å². The fourth-order valence-electron chi connectivity index (χ4n) is 2.43. The predicted molar refractivity (Wildman–Crippen MR) is 111 cm³/mol. The lowest BCUT2D eigenvalue weighted by atomic mass is 9.87. The molecule has 0 aliphatic rings. The van der Waals surface area contributed by atoms with E-state index in [9.17, 15) is 0 Å². The monoisotopic (exact) mass is 404 g/mol. The Hall–Kier alpha value is -1.95. The summed E-state index contributed by atoms with van der Waals surface area (Å²) in [4.78, 5) is 0. The van der Waals surface area contributed by atoms with Gasteiger partial charge in [0.15, 0.2) is 5.82 Å². The molecule has 3 aromatic rings. The molecule has 0 amide bonds. The van der Waals surface area contributed by atoms with E-state index < -0.39 is 0 Å². The highest BCUT2D eigenvalue weighted by molar-refractivity contribution is 7.71. The van der Waals surface area contributed by atoms with Crippen LogP contribution in [-0.2, 0) is 5.41 Å². The van der Waals surface area contributed by atoms with Crippen molar-refractivity contribution in [3.63, 3.8) is 0 Å². The van der Waals surface area contributed by atoms with Crippen LogP contribution in [-0.4, -0.2) is 21.1 Å². The Morgan fingerprint density at radius 1 is 1.12 bits per heavy atom. The molecule has 7 heteroatoms. The number of hydrogen-bond donors (Lipinski definition) is 1. The topological polar surface area (TPSA) is 46.0 Å². The second kappa shape index (κ2) is 7.35. The van der Waals surface area contributed by atoms with Crippen molar-refractivity contribution in [2.75, 3.05) is 0 Å². The van der Waals surface area contributed by atoms with Crippen LogP contribution in [0.1, 0.15) is 31.9 Å². The summed E-state index contributed by atoms with van der Waals surface area (Å²) in [6.45, 7) is 6.54. The van der Waals surface area contributed by atoms with E-state index in [2.05, 4.69) is 48.2 Å². The smallest absolute Gasteiger partial charge is 0.216 e. The number of rotatable bonds is 3. The average Bonchev–Trinajstić information content (AvgIpc) is 2.94. The average molecular weight is 405 g/mol. The van der Waals surface area contributed by atoms with Crippen LogP contribution < -0.4 is 0 Å². The minimum atomic E-state index is 0.0900. The molecule has 134 valence electrons. The van der Waals surface area contributed by atoms with Gasteiger partial charge in [-0.15, -0.1) is 0 Å². The zero-order valence-corrected chi connectivity index (χ0v) is 17.0. The second-order valence-corrected chi connectivity index (χ2v) is 8.13. The van der Waals surface area contributed by atoms with E-state index in [1.807, 2.05) is 12.1 Å². The molecule has 26 heavy (non-hydrogen) atoms. The summed E-state index contributed by atoms with van der Waals surface area (Å²) >= 11 is 17.4. The van der Waals surface area contributed by atoms with Crippen molar-refractivity contribution in [3.8, 4) is 11.4 Å². The van der Waals surface area contributed by atoms with Crippen molar-refractivity contribution < 1.29 is 0 Å². The fourth-order valence-corrected chi connectivity index (χ4v) is 3.07. The van der Waals surface area contributed by atoms with Crippen LogP contribution in [0.15, 0.2) is 47.6 Å². The lowest BCUT2D eigenvalue weighted by Crippen LogP contribution is -2.10. The number of H-pyrrole nitrogens is 1. The molecular weight excluding hydrogens is 387 g/mol. The molecule has 0 bridgehead atoms. The van der Waals surface area contributed by atoms with E-state index in [4.69, 9.17) is 35.4 Å². The Morgan fingerprint density at radius 3 is 2.42 bits per heavy atom. The molecule has 0 atom stereocenters. The van der Waals surface area contributed by atoms with Gasteiger partial charge in [0.2, 0.25) is 4.77 Å². The van der Waals surface area contributed by atoms with Gasteiger partial charge in [0.1, 0.15) is 0 Å². The summed E-state index contributed by atoms with van der Waals surface area (Å²) in [6.07, 6.45) is 1.64. The minimum absolute atomic E-state index is 0.0900. The first-order valence-electron chi connectivity index (χ1n) is 8.03. The van der Waals surface area contributed by atoms with E-state index >= 15 is 0 Å². The largest absolute Gasteiger partial charge is 0.250 e. The van der Waals surface area contributed by atoms with E-state index in [1.165, 1.54) is 5.56 Å². The third kappa shape index (κ3) is 4.06. The van der Waals surface area contributed by atoms with Crippen molar-refractivity contribution in [1.29, 1.82) is 0 Å². The molecular formula is C19H18Cl2N4S. The summed E-state index contributed by atoms with van der Waals surface area (Å²) in [5.41, 5.74) is 3.00. The third-order valence-electron chi connectivity index (χ3n) is 3.93. The standard InChI is InChI=1S/C19H18Cl2N4S/c1-19(2,3)14-7-4-12(5-8-14)17-23-24-18(26)25(17)22-11-13-6-9-15(20)10-16(13)21/h4-11H,1-3H3,(H,24,26). The number of nitrogens with one attached hydrogen (secondary N) is 1. The van der Waals surface area contributed by atoms with Crippen molar-refractivity contribution >= 4 is 41.6 Å². The van der Waals surface area contributed by atoms with Crippen molar-refractivity contribution in [2.24, 2.45) is 5.10 Å². The molecule has 0 radical (unpaired) electrons. The second-order valence-electron chi connectivity index (χ2n) is 6.90. The maximum atomic E-state index is 6.19. The number of halogens is 2. The van der Waals surface area contributed by atoms with Gasteiger partial charge in [0, 0.05) is 16.1 Å². The number of aromatic nitrogens is 3. The van der Waals surface area contributed by atoms with Gasteiger partial charge < -0.3 is 0 Å². The van der Waals surface area contributed by atoms with Crippen LogP contribution in [0.4, 0.5) is 0 Å². The van der Waals surface area contributed by atoms with Crippen LogP contribution in [0.25, 0.3) is 11.4 Å². The van der Waals surface area contributed by atoms with Gasteiger partial charge in [-0.25, -0.2) is 5.10 Å². The molecule has 4 nitrogen and oxygen atoms in total. The molecule has 0 fully saturated rings. The highest BCUT2D eigenvalue weighted by Gasteiger charge is 2.14. The quantitative estimate of drug-likeness (QED) is 0.423. The zero-order chi connectivity index (χ0) is 18.9. The molecule has 0 aliphatic carbocycles. The first-order valence-corrected chi connectivity index (χ1v) is 9.20. The van der Waals surface area contributed by atoms with Crippen LogP contribution in [0.3, 0.4) is 0 Å². The van der Waals surface area contributed by atoms with Crippen LogP contribution in [0, 0.1) is 4.77 Å². The molecule has 2 aromatic carbocycles. The van der Waals surface area contributed by atoms with Gasteiger partial charge in [0.05, 0.1) is 11.2 Å². The Labute approximate surface area is 167 Å². The van der Waals surface area contributed by atoms with Gasteiger partial charge in [-0.05, 0) is 35.3 Å². The Balaban J connectivity index is 1.97. The summed E-state index contributed by atoms with van der Waals surface area (Å²) in [5, 5.41) is 12.6. The lowest BCUT2D eigenvalue weighted by molar-refractivity contribution is 0.590. The SMILES string of the molecule is CC(C)(C)c1ccc(-c2n[nH]c(=S)n2N=Cc2ccc(Cl)cc2Cl)cc1. The van der Waals surface area contributed by atoms with E-state index in [0.29, 0.717) is 20.6 Å². The van der Waals surface area contributed by atoms with E-state index in [0.717, 1.165) is 11.1 Å². The molecule has 0 saturated carbocycles. The molecule has 0 spiro atoms. The Kier molecular flexibility index (Phi) is 5.32. The first-order chi connectivity index (χ1) is 12.3. The predicted octanol–water partition coefficient (Wildman–Crippen LogP) is 6.09. The summed E-state index contributed by atoms with van der Waals surface area (Å²) in [7, 11) is 0. The number of aromatic amines is 1. The normalized spacial score (nSPS) is 12.0. The van der Waals surface area contributed by atoms with Crippen LogP contribution in [0.2, 0.25) is 10.0 Å². The number of benzene rings is 2. The van der Waals surface area contributed by atoms with Crippen molar-refractivity contribution in [1.82, 2.24) is 14.9 Å². The maximum absolute atomic E-state index is 6.19. The van der Waals surface area contributed by atoms with Gasteiger partial charge in [0.25, 0.3) is 0 Å². The molecule has 3 rings (SSSR count). The van der Waals surface area contributed by atoms with E-state index in [1.54, 1.807) is 29.1 Å². The zero-order valence-electron chi connectivity index (χ0n) is 14.6. The van der Waals surface area contributed by atoms with Gasteiger partial charge in [-0.1, -0.05) is 74.3 Å².